The zero-order valence-electron chi connectivity index (χ0n) is 12.2. The molecular formula is C14H19N3O4. The summed E-state index contributed by atoms with van der Waals surface area (Å²) in [6.07, 6.45) is 0.495. The van der Waals surface area contributed by atoms with Crippen molar-refractivity contribution >= 4 is 17.9 Å². The highest BCUT2D eigenvalue weighted by atomic mass is 16.5. The van der Waals surface area contributed by atoms with Crippen LogP contribution in [0.2, 0.25) is 0 Å². The van der Waals surface area contributed by atoms with Gasteiger partial charge in [-0.3, -0.25) is 0 Å². The highest BCUT2D eigenvalue weighted by Crippen LogP contribution is 2.20. The minimum absolute atomic E-state index is 0.200. The molecule has 7 nitrogen and oxygen atoms in total. The molecule has 0 radical (unpaired) electrons. The van der Waals surface area contributed by atoms with Gasteiger partial charge in [0.2, 0.25) is 0 Å². The molecule has 0 bridgehead atoms. The fourth-order valence-electron chi connectivity index (χ4n) is 2.20. The van der Waals surface area contributed by atoms with Crippen molar-refractivity contribution < 1.29 is 19.4 Å². The molecule has 1 aromatic heterocycles. The van der Waals surface area contributed by atoms with Gasteiger partial charge in [-0.2, -0.15) is 0 Å². The molecule has 0 atom stereocenters. The molecule has 1 saturated heterocycles. The first-order valence-corrected chi connectivity index (χ1v) is 6.88. The summed E-state index contributed by atoms with van der Waals surface area (Å²) >= 11 is 0. The molecule has 0 spiro atoms. The van der Waals surface area contributed by atoms with Crippen LogP contribution < -0.4 is 4.90 Å². The van der Waals surface area contributed by atoms with Crippen LogP contribution in [0.5, 0.6) is 0 Å². The number of hydrogen-bond donors (Lipinski definition) is 1. The Hall–Kier alpha value is -2.31. The number of hydrogen-bond acceptors (Lipinski definition) is 5. The Labute approximate surface area is 123 Å². The molecule has 0 saturated carbocycles. The standard InChI is InChI=1S/C14H19N3O4/c1-10(2)21-13(18)11-4-3-5-15-12(11)16-6-8-17(9-7-16)14(19)20/h3-5,10H,6-9H2,1-2H3,(H,19,20). The molecule has 1 aliphatic rings. The summed E-state index contributed by atoms with van der Waals surface area (Å²) in [6.45, 7) is 5.38. The number of esters is 1. The van der Waals surface area contributed by atoms with Gasteiger partial charge in [-0.15, -0.1) is 0 Å². The second-order valence-corrected chi connectivity index (χ2v) is 5.09. The molecule has 0 aromatic carbocycles. The molecule has 1 N–H and O–H groups in total. The molecule has 1 aromatic rings. The third kappa shape index (κ3) is 3.62. The first kappa shape index (κ1) is 15.1. The lowest BCUT2D eigenvalue weighted by Gasteiger charge is -2.34. The number of pyridine rings is 1. The molecule has 2 heterocycles. The molecule has 0 unspecified atom stereocenters. The van der Waals surface area contributed by atoms with Gasteiger partial charge in [-0.25, -0.2) is 14.6 Å². The maximum atomic E-state index is 12.1. The maximum Gasteiger partial charge on any atom is 0.407 e. The number of nitrogens with zero attached hydrogens (tertiary/aromatic N) is 3. The van der Waals surface area contributed by atoms with Crippen LogP contribution in [0.1, 0.15) is 24.2 Å². The van der Waals surface area contributed by atoms with E-state index in [9.17, 15) is 9.59 Å². The van der Waals surface area contributed by atoms with Gasteiger partial charge < -0.3 is 19.6 Å². The van der Waals surface area contributed by atoms with Crippen LogP contribution in [0.25, 0.3) is 0 Å². The van der Waals surface area contributed by atoms with Crippen molar-refractivity contribution in [2.75, 3.05) is 31.1 Å². The van der Waals surface area contributed by atoms with E-state index in [0.717, 1.165) is 0 Å². The quantitative estimate of drug-likeness (QED) is 0.849. The molecule has 21 heavy (non-hydrogen) atoms. The Balaban J connectivity index is 2.14. The zero-order chi connectivity index (χ0) is 15.4. The van der Waals surface area contributed by atoms with Crippen LogP contribution in [-0.2, 0) is 4.74 Å². The Morgan fingerprint density at radius 3 is 2.52 bits per heavy atom. The van der Waals surface area contributed by atoms with Crippen molar-refractivity contribution in [2.45, 2.75) is 20.0 Å². The topological polar surface area (TPSA) is 83.0 Å². The smallest absolute Gasteiger partial charge is 0.407 e. The number of rotatable bonds is 3. The van der Waals surface area contributed by atoms with E-state index in [0.29, 0.717) is 37.6 Å². The van der Waals surface area contributed by atoms with E-state index in [-0.39, 0.29) is 6.10 Å². The number of piperazine rings is 1. The van der Waals surface area contributed by atoms with Crippen LogP contribution in [0.15, 0.2) is 18.3 Å². The van der Waals surface area contributed by atoms with Crippen molar-refractivity contribution in [3.8, 4) is 0 Å². The third-order valence-corrected chi connectivity index (χ3v) is 3.20. The van der Waals surface area contributed by atoms with Gasteiger partial charge in [0.1, 0.15) is 11.4 Å². The van der Waals surface area contributed by atoms with Gasteiger partial charge >= 0.3 is 12.1 Å². The SMILES string of the molecule is CC(C)OC(=O)c1cccnc1N1CCN(C(=O)O)CC1. The molecule has 7 heteroatoms. The van der Waals surface area contributed by atoms with E-state index in [1.807, 2.05) is 4.90 Å². The Morgan fingerprint density at radius 2 is 1.95 bits per heavy atom. The van der Waals surface area contributed by atoms with Crippen molar-refractivity contribution in [3.63, 3.8) is 0 Å². The Bertz CT molecular complexity index is 525. The minimum Gasteiger partial charge on any atom is -0.465 e. The number of carbonyl (C=O) groups is 2. The molecule has 114 valence electrons. The normalized spacial score (nSPS) is 15.2. The van der Waals surface area contributed by atoms with Gasteiger partial charge in [0, 0.05) is 32.4 Å². The third-order valence-electron chi connectivity index (χ3n) is 3.20. The summed E-state index contributed by atoms with van der Waals surface area (Å²) in [5, 5.41) is 8.95. The number of carboxylic acid groups (broad SMARTS) is 1. The molecular weight excluding hydrogens is 274 g/mol. The van der Waals surface area contributed by atoms with Gasteiger partial charge in [0.25, 0.3) is 0 Å². The van der Waals surface area contributed by atoms with Crippen LogP contribution in [0, 0.1) is 0 Å². The predicted octanol–water partition coefficient (Wildman–Crippen LogP) is 1.45. The lowest BCUT2D eigenvalue weighted by molar-refractivity contribution is 0.0378. The van der Waals surface area contributed by atoms with E-state index >= 15 is 0 Å². The number of anilines is 1. The van der Waals surface area contributed by atoms with Crippen LogP contribution in [0.3, 0.4) is 0 Å². The van der Waals surface area contributed by atoms with Gasteiger partial charge in [-0.05, 0) is 26.0 Å². The minimum atomic E-state index is -0.921. The number of carbonyl (C=O) groups excluding carboxylic acids is 1. The average Bonchev–Trinajstić information content (AvgIpc) is 2.46. The lowest BCUT2D eigenvalue weighted by atomic mass is 10.2. The summed E-state index contributed by atoms with van der Waals surface area (Å²) in [5.74, 6) is 0.141. The zero-order valence-corrected chi connectivity index (χ0v) is 12.2. The first-order chi connectivity index (χ1) is 9.99. The van der Waals surface area contributed by atoms with E-state index in [1.165, 1.54) is 4.90 Å². The summed E-state index contributed by atoms with van der Waals surface area (Å²) in [7, 11) is 0. The fourth-order valence-corrected chi connectivity index (χ4v) is 2.20. The Morgan fingerprint density at radius 1 is 1.29 bits per heavy atom. The van der Waals surface area contributed by atoms with Gasteiger partial charge in [0.05, 0.1) is 6.10 Å². The largest absolute Gasteiger partial charge is 0.465 e. The first-order valence-electron chi connectivity index (χ1n) is 6.88. The molecule has 0 aliphatic carbocycles. The number of ether oxygens (including phenoxy) is 1. The van der Waals surface area contributed by atoms with Crippen molar-refractivity contribution in [1.82, 2.24) is 9.88 Å². The molecule has 2 rings (SSSR count). The predicted molar refractivity (Wildman–Crippen MR) is 76.6 cm³/mol. The molecule has 1 amide bonds. The van der Waals surface area contributed by atoms with Gasteiger partial charge in [0.15, 0.2) is 0 Å². The number of amides is 1. The van der Waals surface area contributed by atoms with E-state index < -0.39 is 12.1 Å². The monoisotopic (exact) mass is 293 g/mol. The second kappa shape index (κ2) is 6.43. The molecule has 1 aliphatic heterocycles. The van der Waals surface area contributed by atoms with Crippen LogP contribution in [-0.4, -0.2) is 59.3 Å². The summed E-state index contributed by atoms with van der Waals surface area (Å²) < 4.78 is 5.22. The van der Waals surface area contributed by atoms with Crippen LogP contribution in [0.4, 0.5) is 10.6 Å². The average molecular weight is 293 g/mol. The summed E-state index contributed by atoms with van der Waals surface area (Å²) in [5.41, 5.74) is 0.412. The number of aromatic nitrogens is 1. The van der Waals surface area contributed by atoms with Crippen molar-refractivity contribution in [1.29, 1.82) is 0 Å². The van der Waals surface area contributed by atoms with E-state index in [2.05, 4.69) is 4.98 Å². The van der Waals surface area contributed by atoms with Crippen LogP contribution >= 0.6 is 0 Å². The van der Waals surface area contributed by atoms with E-state index in [1.54, 1.807) is 32.2 Å². The summed E-state index contributed by atoms with van der Waals surface area (Å²) in [6, 6.07) is 3.37. The highest BCUT2D eigenvalue weighted by Gasteiger charge is 2.25. The second-order valence-electron chi connectivity index (χ2n) is 5.09. The maximum absolute atomic E-state index is 12.1. The highest BCUT2D eigenvalue weighted by molar-refractivity contribution is 5.94. The van der Waals surface area contributed by atoms with E-state index in [4.69, 9.17) is 9.84 Å². The van der Waals surface area contributed by atoms with Crippen molar-refractivity contribution in [3.05, 3.63) is 23.9 Å². The fraction of sp³-hybridized carbons (Fsp3) is 0.500. The molecule has 1 fully saturated rings. The van der Waals surface area contributed by atoms with Crippen molar-refractivity contribution in [2.24, 2.45) is 0 Å². The lowest BCUT2D eigenvalue weighted by Crippen LogP contribution is -2.49. The summed E-state index contributed by atoms with van der Waals surface area (Å²) in [4.78, 5) is 30.5. The Kier molecular flexibility index (Phi) is 4.62. The van der Waals surface area contributed by atoms with Gasteiger partial charge in [-0.1, -0.05) is 0 Å².